The first-order chi connectivity index (χ1) is 11.9. The molecule has 1 atom stereocenters. The number of non-ortho nitro benzene ring substituents is 1. The van der Waals surface area contributed by atoms with E-state index < -0.39 is 13.0 Å². The van der Waals surface area contributed by atoms with E-state index in [-0.39, 0.29) is 17.0 Å². The molecule has 0 N–H and O–H groups in total. The van der Waals surface area contributed by atoms with Gasteiger partial charge in [-0.05, 0) is 41.3 Å². The Morgan fingerprint density at radius 3 is 2.32 bits per heavy atom. The predicted molar refractivity (Wildman–Crippen MR) is 103 cm³/mol. The van der Waals surface area contributed by atoms with Crippen LogP contribution in [-0.4, -0.2) is 18.8 Å². The topological polar surface area (TPSA) is 60.2 Å². The van der Waals surface area contributed by atoms with Crippen molar-refractivity contribution >= 4 is 30.8 Å². The summed E-state index contributed by atoms with van der Waals surface area (Å²) < 4.78 is 0. The molecule has 0 aliphatic heterocycles. The highest BCUT2D eigenvalue weighted by atomic mass is 28.3. The maximum Gasteiger partial charge on any atom is 0.269 e. The van der Waals surface area contributed by atoms with Crippen molar-refractivity contribution in [3.8, 4) is 0 Å². The minimum absolute atomic E-state index is 0.0652. The van der Waals surface area contributed by atoms with E-state index in [4.69, 9.17) is 0 Å². The lowest BCUT2D eigenvalue weighted by Gasteiger charge is -2.30. The summed E-state index contributed by atoms with van der Waals surface area (Å²) in [5, 5.41) is 12.1. The van der Waals surface area contributed by atoms with Crippen molar-refractivity contribution in [1.29, 1.82) is 0 Å². The van der Waals surface area contributed by atoms with Crippen LogP contribution < -0.4 is 5.19 Å². The Morgan fingerprint density at radius 2 is 1.72 bits per heavy atom. The van der Waals surface area contributed by atoms with Crippen LogP contribution in [0, 0.1) is 10.1 Å². The molecule has 1 saturated carbocycles. The van der Waals surface area contributed by atoms with E-state index in [1.807, 2.05) is 12.1 Å². The molecule has 0 radical (unpaired) electrons. The summed E-state index contributed by atoms with van der Waals surface area (Å²) >= 11 is 0. The normalized spacial score (nSPS) is 19.4. The van der Waals surface area contributed by atoms with Gasteiger partial charge in [-0.15, -0.1) is 0 Å². The zero-order chi connectivity index (χ0) is 18.0. The lowest BCUT2D eigenvalue weighted by molar-refractivity contribution is -0.384. The Kier molecular flexibility index (Phi) is 4.68. The van der Waals surface area contributed by atoms with Gasteiger partial charge < -0.3 is 0 Å². The van der Waals surface area contributed by atoms with Gasteiger partial charge in [-0.2, -0.15) is 0 Å². The molecular formula is C20H21NO3Si. The number of nitrogens with zero attached hydrogens (tertiary/aromatic N) is 1. The van der Waals surface area contributed by atoms with Gasteiger partial charge in [-0.25, -0.2) is 0 Å². The molecule has 0 spiro atoms. The fourth-order valence-electron chi connectivity index (χ4n) is 3.64. The van der Waals surface area contributed by atoms with Gasteiger partial charge in [0.2, 0.25) is 0 Å². The molecule has 2 aromatic rings. The largest absolute Gasteiger partial charge is 0.295 e. The second kappa shape index (κ2) is 6.76. The Bertz CT molecular complexity index is 826. The number of carbonyl (C=O) groups is 1. The van der Waals surface area contributed by atoms with Crippen LogP contribution in [0.25, 0.3) is 6.08 Å². The van der Waals surface area contributed by atoms with Crippen molar-refractivity contribution < 1.29 is 9.72 Å². The molecule has 1 aliphatic carbocycles. The maximum absolute atomic E-state index is 12.5. The molecule has 0 aromatic heterocycles. The summed E-state index contributed by atoms with van der Waals surface area (Å²) in [6.45, 7) is 4.63. The summed E-state index contributed by atoms with van der Waals surface area (Å²) in [6.07, 6.45) is 3.42. The van der Waals surface area contributed by atoms with Gasteiger partial charge in [0.25, 0.3) is 5.69 Å². The maximum atomic E-state index is 12.5. The van der Waals surface area contributed by atoms with E-state index in [1.165, 1.54) is 17.3 Å². The molecule has 0 amide bonds. The van der Waals surface area contributed by atoms with Crippen LogP contribution in [0.15, 0.2) is 60.2 Å². The summed E-state index contributed by atoms with van der Waals surface area (Å²) in [4.78, 5) is 22.9. The quantitative estimate of drug-likeness (QED) is 0.356. The molecule has 0 bridgehead atoms. The summed E-state index contributed by atoms with van der Waals surface area (Å²) in [7, 11) is -1.83. The van der Waals surface area contributed by atoms with Gasteiger partial charge in [0.05, 0.1) is 13.0 Å². The number of ketones is 1. The molecule has 1 fully saturated rings. The first kappa shape index (κ1) is 17.3. The molecule has 3 rings (SSSR count). The SMILES string of the molecule is C[Si](C)(c1ccccc1)C1CCC(=O)/C1=C/c1ccc([N+](=O)[O-])cc1. The van der Waals surface area contributed by atoms with Gasteiger partial charge in [0.1, 0.15) is 0 Å². The monoisotopic (exact) mass is 351 g/mol. The number of hydrogen-bond acceptors (Lipinski definition) is 3. The van der Waals surface area contributed by atoms with Gasteiger partial charge in [-0.3, -0.25) is 14.9 Å². The third-order valence-electron chi connectivity index (χ3n) is 5.17. The fourth-order valence-corrected chi connectivity index (χ4v) is 6.98. The minimum Gasteiger partial charge on any atom is -0.295 e. The number of hydrogen-bond donors (Lipinski definition) is 0. The highest BCUT2D eigenvalue weighted by Crippen LogP contribution is 2.41. The van der Waals surface area contributed by atoms with Crippen LogP contribution in [0.1, 0.15) is 18.4 Å². The molecule has 1 unspecified atom stereocenters. The number of rotatable bonds is 4. The first-order valence-electron chi connectivity index (χ1n) is 8.44. The molecular weight excluding hydrogens is 330 g/mol. The molecule has 128 valence electrons. The number of benzene rings is 2. The number of nitro benzene ring substituents is 1. The van der Waals surface area contributed by atoms with Gasteiger partial charge in [0, 0.05) is 18.6 Å². The molecule has 0 saturated heterocycles. The number of Topliss-reactive ketones (excluding diaryl/α,β-unsaturated/α-hetero) is 1. The Hall–Kier alpha value is -2.53. The average Bonchev–Trinajstić information content (AvgIpc) is 2.97. The minimum atomic E-state index is -1.83. The van der Waals surface area contributed by atoms with Crippen LogP contribution in [0.2, 0.25) is 18.6 Å². The Morgan fingerprint density at radius 1 is 1.08 bits per heavy atom. The van der Waals surface area contributed by atoms with E-state index in [2.05, 4.69) is 37.4 Å². The van der Waals surface area contributed by atoms with E-state index in [1.54, 1.807) is 12.1 Å². The van der Waals surface area contributed by atoms with E-state index in [0.717, 1.165) is 17.6 Å². The molecule has 4 nitrogen and oxygen atoms in total. The fraction of sp³-hybridized carbons (Fsp3) is 0.250. The second-order valence-corrected chi connectivity index (χ2v) is 11.8. The Labute approximate surface area is 148 Å². The van der Waals surface area contributed by atoms with Crippen molar-refractivity contribution in [2.75, 3.05) is 0 Å². The standard InChI is InChI=1S/C20H21NO3Si/c1-25(2,17-6-4-3-5-7-17)20-13-12-19(22)18(20)14-15-8-10-16(11-9-15)21(23)24/h3-11,14,20H,12-13H2,1-2H3/b18-14-. The Balaban J connectivity index is 1.95. The van der Waals surface area contributed by atoms with Crippen LogP contribution in [-0.2, 0) is 4.79 Å². The van der Waals surface area contributed by atoms with Crippen LogP contribution >= 0.6 is 0 Å². The number of nitro groups is 1. The van der Waals surface area contributed by atoms with Crippen molar-refractivity contribution in [2.45, 2.75) is 31.5 Å². The molecule has 2 aromatic carbocycles. The predicted octanol–water partition coefficient (Wildman–Crippen LogP) is 4.33. The summed E-state index contributed by atoms with van der Waals surface area (Å²) in [6, 6.07) is 16.9. The van der Waals surface area contributed by atoms with Crippen molar-refractivity contribution in [3.05, 3.63) is 75.8 Å². The third-order valence-corrected chi connectivity index (χ3v) is 9.34. The zero-order valence-corrected chi connectivity index (χ0v) is 15.4. The summed E-state index contributed by atoms with van der Waals surface area (Å²) in [5.41, 5.74) is 2.07. The molecule has 5 heteroatoms. The number of carbonyl (C=O) groups excluding carboxylic acids is 1. The number of allylic oxidation sites excluding steroid dienone is 1. The molecule has 1 aliphatic rings. The van der Waals surface area contributed by atoms with E-state index in [9.17, 15) is 14.9 Å². The zero-order valence-electron chi connectivity index (χ0n) is 14.4. The van der Waals surface area contributed by atoms with Gasteiger partial charge in [0.15, 0.2) is 5.78 Å². The van der Waals surface area contributed by atoms with Crippen LogP contribution in [0.3, 0.4) is 0 Å². The van der Waals surface area contributed by atoms with Gasteiger partial charge >= 0.3 is 0 Å². The highest BCUT2D eigenvalue weighted by molar-refractivity contribution is 6.92. The van der Waals surface area contributed by atoms with E-state index >= 15 is 0 Å². The van der Waals surface area contributed by atoms with Crippen molar-refractivity contribution in [3.63, 3.8) is 0 Å². The third kappa shape index (κ3) is 3.46. The smallest absolute Gasteiger partial charge is 0.269 e. The van der Waals surface area contributed by atoms with Crippen LogP contribution in [0.5, 0.6) is 0 Å². The summed E-state index contributed by atoms with van der Waals surface area (Å²) in [5.74, 6) is 0.208. The highest BCUT2D eigenvalue weighted by Gasteiger charge is 2.41. The van der Waals surface area contributed by atoms with Crippen molar-refractivity contribution in [2.24, 2.45) is 0 Å². The molecule has 0 heterocycles. The average molecular weight is 351 g/mol. The van der Waals surface area contributed by atoms with Crippen molar-refractivity contribution in [1.82, 2.24) is 0 Å². The van der Waals surface area contributed by atoms with Crippen LogP contribution in [0.4, 0.5) is 5.69 Å². The lowest BCUT2D eigenvalue weighted by atomic mass is 10.1. The molecule has 25 heavy (non-hydrogen) atoms. The first-order valence-corrected chi connectivity index (χ1v) is 11.5. The van der Waals surface area contributed by atoms with Gasteiger partial charge in [-0.1, -0.05) is 48.6 Å². The second-order valence-electron chi connectivity index (χ2n) is 7.05. The lowest BCUT2D eigenvalue weighted by Crippen LogP contribution is -2.45. The van der Waals surface area contributed by atoms with E-state index in [0.29, 0.717) is 6.42 Å².